The fourth-order valence-corrected chi connectivity index (χ4v) is 6.37. The van der Waals surface area contributed by atoms with Gasteiger partial charge in [0.15, 0.2) is 0 Å². The highest BCUT2D eigenvalue weighted by molar-refractivity contribution is 5.97. The molecule has 12 nitrogen and oxygen atoms in total. The molecule has 0 N–H and O–H groups in total. The maximum Gasteiger partial charge on any atom is 0.343 e. The van der Waals surface area contributed by atoms with Crippen molar-refractivity contribution < 1.29 is 57.1 Å². The molecule has 0 aromatic heterocycles. The van der Waals surface area contributed by atoms with Gasteiger partial charge in [0.25, 0.3) is 0 Å². The Balaban J connectivity index is 0.939. The van der Waals surface area contributed by atoms with Crippen molar-refractivity contribution in [3.63, 3.8) is 0 Å². The van der Waals surface area contributed by atoms with Gasteiger partial charge >= 0.3 is 23.9 Å². The first kappa shape index (κ1) is 46.0. The number of benzene rings is 5. The van der Waals surface area contributed by atoms with Crippen LogP contribution in [0.5, 0.6) is 28.7 Å². The van der Waals surface area contributed by atoms with Gasteiger partial charge in [0.1, 0.15) is 34.9 Å². The number of ether oxygens (including phenoxy) is 8. The summed E-state index contributed by atoms with van der Waals surface area (Å²) in [6, 6.07) is 28.8. The minimum atomic E-state index is -0.591. The second-order valence-corrected chi connectivity index (χ2v) is 15.2. The van der Waals surface area contributed by atoms with Crippen molar-refractivity contribution in [3.05, 3.63) is 138 Å². The smallest absolute Gasteiger partial charge is 0.343 e. The number of hydrogen-bond donors (Lipinski definition) is 0. The van der Waals surface area contributed by atoms with Gasteiger partial charge in [-0.05, 0) is 159 Å². The molecule has 1 saturated heterocycles. The third-order valence-electron chi connectivity index (χ3n) is 9.95. The van der Waals surface area contributed by atoms with E-state index in [4.69, 9.17) is 37.9 Å². The summed E-state index contributed by atoms with van der Waals surface area (Å²) >= 11 is 0. The van der Waals surface area contributed by atoms with Gasteiger partial charge in [-0.1, -0.05) is 32.1 Å². The molecule has 12 heteroatoms. The topological polar surface area (TPSA) is 145 Å². The van der Waals surface area contributed by atoms with Crippen LogP contribution in [-0.4, -0.2) is 69.6 Å². The number of carbonyl (C=O) groups excluding carboxylic acids is 4. The normalized spacial score (nSPS) is 12.9. The van der Waals surface area contributed by atoms with Gasteiger partial charge in [-0.3, -0.25) is 0 Å². The number of carbonyl (C=O) groups is 4. The Hall–Kier alpha value is -6.50. The van der Waals surface area contributed by atoms with E-state index in [-0.39, 0.29) is 23.4 Å². The summed E-state index contributed by atoms with van der Waals surface area (Å²) in [6.45, 7) is 10.8. The molecule has 1 fully saturated rings. The summed E-state index contributed by atoms with van der Waals surface area (Å²) in [6.07, 6.45) is 6.90. The number of hydrogen-bond acceptors (Lipinski definition) is 12. The van der Waals surface area contributed by atoms with Crippen molar-refractivity contribution in [1.29, 1.82) is 0 Å². The van der Waals surface area contributed by atoms with Crippen LogP contribution < -0.4 is 23.7 Å². The minimum Gasteiger partial charge on any atom is -0.494 e. The second kappa shape index (κ2) is 23.6. The van der Waals surface area contributed by atoms with Crippen LogP contribution in [0.2, 0.25) is 0 Å². The molecule has 5 aromatic rings. The quantitative estimate of drug-likeness (QED) is 0.0181. The van der Waals surface area contributed by atoms with E-state index in [1.165, 1.54) is 24.3 Å². The van der Waals surface area contributed by atoms with Crippen molar-refractivity contribution in [2.45, 2.75) is 71.3 Å². The van der Waals surface area contributed by atoms with E-state index in [0.717, 1.165) is 68.1 Å². The molecule has 1 heterocycles. The van der Waals surface area contributed by atoms with Crippen molar-refractivity contribution in [2.75, 3.05) is 39.6 Å². The van der Waals surface area contributed by atoms with Crippen LogP contribution in [0.15, 0.2) is 115 Å². The van der Waals surface area contributed by atoms with E-state index in [1.54, 1.807) is 61.5 Å². The Kier molecular flexibility index (Phi) is 17.3. The fraction of sp³-hybridized carbons (Fsp3) is 0.333. The first-order valence-corrected chi connectivity index (χ1v) is 21.5. The van der Waals surface area contributed by atoms with Crippen LogP contribution >= 0.6 is 0 Å². The van der Waals surface area contributed by atoms with E-state index >= 15 is 0 Å². The van der Waals surface area contributed by atoms with Crippen LogP contribution in [0.3, 0.4) is 0 Å². The molecule has 0 aliphatic carbocycles. The molecule has 6 rings (SSSR count). The fourth-order valence-electron chi connectivity index (χ4n) is 6.37. The van der Waals surface area contributed by atoms with Gasteiger partial charge in [-0.25, -0.2) is 19.2 Å². The summed E-state index contributed by atoms with van der Waals surface area (Å²) in [5.41, 5.74) is 2.12. The molecule has 1 atom stereocenters. The highest BCUT2D eigenvalue weighted by Gasteiger charge is 2.22. The Bertz CT molecular complexity index is 2330. The Morgan fingerprint density at radius 2 is 1.13 bits per heavy atom. The number of esters is 4. The van der Waals surface area contributed by atoms with Crippen LogP contribution in [-0.2, 0) is 25.4 Å². The zero-order valence-corrected chi connectivity index (χ0v) is 35.9. The van der Waals surface area contributed by atoms with Gasteiger partial charge in [0.05, 0.1) is 49.7 Å². The molecule has 0 unspecified atom stereocenters. The third-order valence-corrected chi connectivity index (χ3v) is 9.95. The maximum atomic E-state index is 13.2. The van der Waals surface area contributed by atoms with Crippen LogP contribution in [0.4, 0.5) is 0 Å². The number of rotatable bonds is 25. The molecule has 1 aliphatic heterocycles. The number of fused-ring (bicyclic) bond motifs is 1. The van der Waals surface area contributed by atoms with Gasteiger partial charge in [0.2, 0.25) is 0 Å². The SMILES string of the molecule is C=C(C)C(=O)OCCCCCCOc1ccc2cc(C(=O)Oc3ccc(OC(=O)c4ccc(OC(=O)c5ccc(OCCCCOC[C@@H]6CO6)cc5)cc4)c(CCC)c3)ccc2c1. The van der Waals surface area contributed by atoms with Gasteiger partial charge in [0, 0.05) is 12.2 Å². The van der Waals surface area contributed by atoms with Crippen molar-refractivity contribution >= 4 is 34.6 Å². The molecule has 0 amide bonds. The molecule has 0 bridgehead atoms. The monoisotopic (exact) mass is 858 g/mol. The summed E-state index contributed by atoms with van der Waals surface area (Å²) in [7, 11) is 0. The highest BCUT2D eigenvalue weighted by atomic mass is 16.6. The average Bonchev–Trinajstić information content (AvgIpc) is 4.12. The van der Waals surface area contributed by atoms with E-state index in [2.05, 4.69) is 6.58 Å². The summed E-state index contributed by atoms with van der Waals surface area (Å²) in [5.74, 6) is 0.328. The van der Waals surface area contributed by atoms with E-state index in [1.807, 2.05) is 31.2 Å². The predicted octanol–water partition coefficient (Wildman–Crippen LogP) is 10.1. The molecule has 5 aromatic carbocycles. The van der Waals surface area contributed by atoms with Gasteiger partial charge in [-0.2, -0.15) is 0 Å². The van der Waals surface area contributed by atoms with E-state index < -0.39 is 17.9 Å². The Morgan fingerprint density at radius 1 is 0.587 bits per heavy atom. The zero-order valence-electron chi connectivity index (χ0n) is 35.9. The third kappa shape index (κ3) is 14.8. The summed E-state index contributed by atoms with van der Waals surface area (Å²) in [4.78, 5) is 50.7. The standard InChI is InChI=1S/C51H54O12/c1-4-11-40-32-45(62-51(55)41-13-12-39-31-44(23-18-38(39)30-41)58-27-7-5-6-8-29-59-48(52)35(2)3)24-25-47(40)63-50(54)37-16-21-43(22-17-37)61-49(53)36-14-19-42(20-15-36)57-28-10-9-26-56-33-46-34-60-46/h12-25,30-32,46H,2,4-11,26-29,33-34H2,1,3H3/t46-/m1/s1. The minimum absolute atomic E-state index is 0.264. The largest absolute Gasteiger partial charge is 0.494 e. The highest BCUT2D eigenvalue weighted by Crippen LogP contribution is 2.29. The Labute approximate surface area is 368 Å². The Morgan fingerprint density at radius 3 is 1.83 bits per heavy atom. The van der Waals surface area contributed by atoms with Gasteiger partial charge in [-0.15, -0.1) is 0 Å². The maximum absolute atomic E-state index is 13.2. The second-order valence-electron chi connectivity index (χ2n) is 15.2. The van der Waals surface area contributed by atoms with Crippen LogP contribution in [0.25, 0.3) is 10.8 Å². The molecular weight excluding hydrogens is 805 g/mol. The average molecular weight is 859 g/mol. The lowest BCUT2D eigenvalue weighted by molar-refractivity contribution is -0.139. The molecule has 0 saturated carbocycles. The van der Waals surface area contributed by atoms with Crippen molar-refractivity contribution in [3.8, 4) is 28.7 Å². The lowest BCUT2D eigenvalue weighted by Gasteiger charge is -2.13. The lowest BCUT2D eigenvalue weighted by Crippen LogP contribution is -2.12. The van der Waals surface area contributed by atoms with Gasteiger partial charge < -0.3 is 37.9 Å². The van der Waals surface area contributed by atoms with Crippen molar-refractivity contribution in [1.82, 2.24) is 0 Å². The lowest BCUT2D eigenvalue weighted by atomic mass is 10.1. The summed E-state index contributed by atoms with van der Waals surface area (Å²) < 4.78 is 44.6. The number of unbranched alkanes of at least 4 members (excludes halogenated alkanes) is 4. The molecule has 330 valence electrons. The molecule has 0 radical (unpaired) electrons. The summed E-state index contributed by atoms with van der Waals surface area (Å²) in [5, 5.41) is 1.79. The molecule has 1 aliphatic rings. The number of aryl methyl sites for hydroxylation is 1. The first-order chi connectivity index (χ1) is 30.6. The van der Waals surface area contributed by atoms with Crippen molar-refractivity contribution in [2.24, 2.45) is 0 Å². The first-order valence-electron chi connectivity index (χ1n) is 21.5. The number of epoxide rings is 1. The van der Waals surface area contributed by atoms with Crippen LogP contribution in [0.1, 0.15) is 95.4 Å². The molecule has 63 heavy (non-hydrogen) atoms. The zero-order chi connectivity index (χ0) is 44.4. The molecule has 0 spiro atoms. The van der Waals surface area contributed by atoms with Crippen LogP contribution in [0, 0.1) is 0 Å². The van der Waals surface area contributed by atoms with E-state index in [9.17, 15) is 19.2 Å². The predicted molar refractivity (Wildman–Crippen MR) is 237 cm³/mol. The molecular formula is C51H54O12. The van der Waals surface area contributed by atoms with E-state index in [0.29, 0.717) is 79.0 Å².